The van der Waals surface area contributed by atoms with Crippen LogP contribution >= 0.6 is 23.0 Å². The molecule has 0 aliphatic carbocycles. The normalized spacial score (nSPS) is 22.0. The molecule has 0 aromatic heterocycles. The molecule has 1 saturated heterocycles. The molecule has 1 fully saturated rings. The van der Waals surface area contributed by atoms with Crippen molar-refractivity contribution in [3.8, 4) is 5.75 Å². The van der Waals surface area contributed by atoms with E-state index in [2.05, 4.69) is 62.4 Å². The number of ether oxygens (including phenoxy) is 2. The molecule has 3 rings (SSSR count). The first-order chi connectivity index (χ1) is 14.9. The smallest absolute Gasteiger partial charge is 0.125 e. The summed E-state index contributed by atoms with van der Waals surface area (Å²) in [5, 5.41) is 9.70. The lowest BCUT2D eigenvalue weighted by molar-refractivity contribution is -0.102. The topological polar surface area (TPSA) is 47.9 Å². The summed E-state index contributed by atoms with van der Waals surface area (Å²) in [6.45, 7) is 8.36. The average Bonchev–Trinajstić information content (AvgIpc) is 2.75. The zero-order valence-corrected chi connectivity index (χ0v) is 21.0. The fourth-order valence-electron chi connectivity index (χ4n) is 4.07. The highest BCUT2D eigenvalue weighted by Gasteiger charge is 2.32. The summed E-state index contributed by atoms with van der Waals surface area (Å²) < 4.78 is 17.9. The Morgan fingerprint density at radius 3 is 2.68 bits per heavy atom. The summed E-state index contributed by atoms with van der Waals surface area (Å²) in [5.41, 5.74) is 6.08. The Balaban J connectivity index is 1.88. The molecule has 1 heterocycles. The van der Waals surface area contributed by atoms with E-state index in [0.29, 0.717) is 6.42 Å². The van der Waals surface area contributed by atoms with Gasteiger partial charge in [-0.2, -0.15) is 0 Å². The summed E-state index contributed by atoms with van der Waals surface area (Å²) in [7, 11) is 0. The second-order valence-corrected chi connectivity index (χ2v) is 9.18. The van der Waals surface area contributed by atoms with Crippen LogP contribution in [0.2, 0.25) is 0 Å². The Morgan fingerprint density at radius 2 is 2.00 bits per heavy atom. The minimum atomic E-state index is -0.225. The molecule has 2 aromatic rings. The summed E-state index contributed by atoms with van der Waals surface area (Å²) in [6, 6.07) is 14.8. The van der Waals surface area contributed by atoms with Crippen LogP contribution in [-0.2, 0) is 14.2 Å². The predicted octanol–water partition coefficient (Wildman–Crippen LogP) is 6.38. The Hall–Kier alpha value is -1.41. The molecule has 0 radical (unpaired) electrons. The Bertz CT molecular complexity index is 881. The highest BCUT2D eigenvalue weighted by molar-refractivity contribution is 14.1. The second kappa shape index (κ2) is 11.5. The lowest BCUT2D eigenvalue weighted by Gasteiger charge is -2.34. The Morgan fingerprint density at radius 1 is 1.23 bits per heavy atom. The maximum atomic E-state index is 9.70. The van der Waals surface area contributed by atoms with Crippen LogP contribution in [0, 0.1) is 6.92 Å². The van der Waals surface area contributed by atoms with E-state index in [-0.39, 0.29) is 31.0 Å². The molecule has 3 unspecified atom stereocenters. The second-order valence-electron chi connectivity index (χ2n) is 8.67. The highest BCUT2D eigenvalue weighted by Crippen LogP contribution is 2.39. The van der Waals surface area contributed by atoms with Crippen LogP contribution in [0.3, 0.4) is 0 Å². The van der Waals surface area contributed by atoms with Gasteiger partial charge in [0.2, 0.25) is 0 Å². The van der Waals surface area contributed by atoms with Crippen LogP contribution in [0.5, 0.6) is 5.75 Å². The lowest BCUT2D eigenvalue weighted by Crippen LogP contribution is -2.34. The number of allylic oxidation sites excluding steroid dienone is 1. The van der Waals surface area contributed by atoms with Gasteiger partial charge in [0, 0.05) is 18.4 Å². The number of hydrogen-bond donors (Lipinski definition) is 1. The Kier molecular flexibility index (Phi) is 8.95. The first-order valence-corrected chi connectivity index (χ1v) is 11.8. The quantitative estimate of drug-likeness (QED) is 0.398. The van der Waals surface area contributed by atoms with Gasteiger partial charge in [0.1, 0.15) is 28.8 Å². The van der Waals surface area contributed by atoms with E-state index in [1.54, 1.807) is 0 Å². The van der Waals surface area contributed by atoms with Crippen molar-refractivity contribution < 1.29 is 17.6 Å². The molecule has 0 spiro atoms. The first kappa shape index (κ1) is 24.2. The molecule has 2 aromatic carbocycles. The number of rotatable bonds is 8. The largest absolute Gasteiger partial charge is 0.491 e. The van der Waals surface area contributed by atoms with E-state index < -0.39 is 0 Å². The number of aliphatic hydroxyl groups excluding tert-OH is 1. The van der Waals surface area contributed by atoms with E-state index >= 15 is 0 Å². The molecular weight excluding hydrogens is 503 g/mol. The van der Waals surface area contributed by atoms with E-state index in [0.717, 1.165) is 24.2 Å². The van der Waals surface area contributed by atoms with Gasteiger partial charge in [0.05, 0.1) is 31.0 Å². The van der Waals surface area contributed by atoms with Gasteiger partial charge in [-0.25, -0.2) is 0 Å². The van der Waals surface area contributed by atoms with Crippen molar-refractivity contribution in [2.45, 2.75) is 71.4 Å². The third kappa shape index (κ3) is 6.78. The molecule has 1 aliphatic heterocycles. The van der Waals surface area contributed by atoms with Gasteiger partial charge >= 0.3 is 0 Å². The van der Waals surface area contributed by atoms with E-state index in [9.17, 15) is 5.11 Å². The van der Waals surface area contributed by atoms with Crippen LogP contribution in [0.1, 0.15) is 62.0 Å². The fourth-order valence-corrected chi connectivity index (χ4v) is 4.49. The molecule has 0 amide bonds. The lowest BCUT2D eigenvalue weighted by atomic mass is 9.93. The van der Waals surface area contributed by atoms with Crippen molar-refractivity contribution in [2.75, 3.05) is 6.61 Å². The van der Waals surface area contributed by atoms with Gasteiger partial charge in [-0.15, -0.1) is 0 Å². The molecular formula is C26H33IO4. The minimum absolute atomic E-state index is 0.00860. The molecule has 1 N–H and O–H groups in total. The fraction of sp³-hybridized carbons (Fsp3) is 0.462. The predicted molar refractivity (Wildman–Crippen MR) is 134 cm³/mol. The van der Waals surface area contributed by atoms with Crippen molar-refractivity contribution >= 4 is 29.1 Å². The van der Waals surface area contributed by atoms with Gasteiger partial charge in [-0.05, 0) is 62.9 Å². The van der Waals surface area contributed by atoms with Crippen LogP contribution in [-0.4, -0.2) is 30.0 Å². The maximum Gasteiger partial charge on any atom is 0.125 e. The van der Waals surface area contributed by atoms with Gasteiger partial charge in [-0.3, -0.25) is 0 Å². The van der Waals surface area contributed by atoms with Crippen molar-refractivity contribution in [1.29, 1.82) is 0 Å². The van der Waals surface area contributed by atoms with E-state index in [1.165, 1.54) is 22.3 Å². The highest BCUT2D eigenvalue weighted by atomic mass is 127. The van der Waals surface area contributed by atoms with Gasteiger partial charge in [0.15, 0.2) is 0 Å². The SMILES string of the molecule is C/C(=C\c1ccccc1C)Cc1ccc(OC(C)C)c(C2CC(OI)CC(CO)O2)c1. The number of aryl methyl sites for hydroxylation is 1. The minimum Gasteiger partial charge on any atom is -0.491 e. The van der Waals surface area contributed by atoms with Crippen molar-refractivity contribution in [1.82, 2.24) is 0 Å². The number of aliphatic hydroxyl groups is 1. The zero-order valence-electron chi connectivity index (χ0n) is 18.8. The van der Waals surface area contributed by atoms with Crippen LogP contribution in [0.4, 0.5) is 0 Å². The number of halogens is 1. The molecule has 0 bridgehead atoms. The first-order valence-electron chi connectivity index (χ1n) is 11.0. The van der Waals surface area contributed by atoms with Crippen molar-refractivity contribution in [3.05, 3.63) is 70.3 Å². The standard InChI is InChI=1S/C26H33IO4/c1-17(2)29-25-10-9-20(11-18(3)12-21-8-6-5-7-19(21)4)13-24(25)26-15-22(31-27)14-23(16-28)30-26/h5-10,12-13,17,22-23,26,28H,11,14-16H2,1-4H3/b18-12+. The third-order valence-electron chi connectivity index (χ3n) is 5.55. The number of hydrogen-bond acceptors (Lipinski definition) is 4. The summed E-state index contributed by atoms with van der Waals surface area (Å²) in [4.78, 5) is 0. The maximum absolute atomic E-state index is 9.70. The molecule has 5 heteroatoms. The van der Waals surface area contributed by atoms with Crippen LogP contribution in [0.25, 0.3) is 6.08 Å². The molecule has 168 valence electrons. The van der Waals surface area contributed by atoms with E-state index in [1.807, 2.05) is 36.9 Å². The number of benzene rings is 2. The zero-order chi connectivity index (χ0) is 22.4. The molecule has 1 aliphatic rings. The third-order valence-corrected chi connectivity index (χ3v) is 6.27. The van der Waals surface area contributed by atoms with Crippen LogP contribution < -0.4 is 4.74 Å². The summed E-state index contributed by atoms with van der Waals surface area (Å²) in [5.74, 6) is 0.843. The van der Waals surface area contributed by atoms with Gasteiger partial charge in [0.25, 0.3) is 0 Å². The monoisotopic (exact) mass is 536 g/mol. The Labute approximate surface area is 200 Å². The van der Waals surface area contributed by atoms with Crippen LogP contribution in [0.15, 0.2) is 48.0 Å². The molecule has 31 heavy (non-hydrogen) atoms. The molecule has 3 atom stereocenters. The molecule has 0 saturated carbocycles. The van der Waals surface area contributed by atoms with Crippen molar-refractivity contribution in [2.24, 2.45) is 0 Å². The summed E-state index contributed by atoms with van der Waals surface area (Å²) >= 11 is 1.95. The van der Waals surface area contributed by atoms with E-state index in [4.69, 9.17) is 12.5 Å². The van der Waals surface area contributed by atoms with Crippen molar-refractivity contribution in [3.63, 3.8) is 0 Å². The average molecular weight is 536 g/mol. The van der Waals surface area contributed by atoms with Gasteiger partial charge < -0.3 is 17.6 Å². The van der Waals surface area contributed by atoms with Gasteiger partial charge in [-0.1, -0.05) is 42.0 Å². The molecule has 4 nitrogen and oxygen atoms in total. The summed E-state index contributed by atoms with van der Waals surface area (Å²) in [6.07, 6.45) is 4.29.